The van der Waals surface area contributed by atoms with Gasteiger partial charge in [0.1, 0.15) is 5.82 Å². The minimum absolute atomic E-state index is 0.564. The molecule has 0 atom stereocenters. The van der Waals surface area contributed by atoms with Gasteiger partial charge in [-0.1, -0.05) is 13.8 Å². The lowest BCUT2D eigenvalue weighted by molar-refractivity contribution is 0.336. The van der Waals surface area contributed by atoms with Crippen molar-refractivity contribution in [2.75, 3.05) is 6.54 Å². The van der Waals surface area contributed by atoms with Crippen LogP contribution in [-0.2, 0) is 6.54 Å². The molecule has 0 spiro atoms. The van der Waals surface area contributed by atoms with E-state index in [1.165, 1.54) is 12.8 Å². The number of hydrogen-bond acceptors (Lipinski definition) is 3. The fourth-order valence-corrected chi connectivity index (χ4v) is 1.96. The molecule has 1 N–H and O–H groups in total. The molecule has 1 aromatic heterocycles. The Balaban J connectivity index is 1.76. The van der Waals surface area contributed by atoms with Crippen LogP contribution >= 0.6 is 0 Å². The van der Waals surface area contributed by atoms with Crippen molar-refractivity contribution < 1.29 is 0 Å². The highest BCUT2D eigenvalue weighted by Crippen LogP contribution is 2.51. The van der Waals surface area contributed by atoms with Gasteiger partial charge in [-0.3, -0.25) is 0 Å². The molecule has 1 aliphatic carbocycles. The number of rotatable bonds is 5. The molecule has 0 saturated heterocycles. The van der Waals surface area contributed by atoms with E-state index in [1.54, 1.807) is 12.4 Å². The molecule has 1 aliphatic rings. The normalized spacial score (nSPS) is 18.1. The van der Waals surface area contributed by atoms with Gasteiger partial charge in [0, 0.05) is 18.9 Å². The Morgan fingerprint density at radius 1 is 1.33 bits per heavy atom. The second-order valence-electron chi connectivity index (χ2n) is 4.79. The molecule has 2 rings (SSSR count). The summed E-state index contributed by atoms with van der Waals surface area (Å²) in [5, 5.41) is 3.46. The van der Waals surface area contributed by atoms with Gasteiger partial charge < -0.3 is 5.32 Å². The Kier molecular flexibility index (Phi) is 3.00. The van der Waals surface area contributed by atoms with Crippen LogP contribution in [0, 0.1) is 11.3 Å². The topological polar surface area (TPSA) is 37.8 Å². The van der Waals surface area contributed by atoms with E-state index in [4.69, 9.17) is 0 Å². The van der Waals surface area contributed by atoms with Gasteiger partial charge in [-0.15, -0.1) is 0 Å². The zero-order valence-corrected chi connectivity index (χ0v) is 9.53. The van der Waals surface area contributed by atoms with Gasteiger partial charge in [0.2, 0.25) is 0 Å². The van der Waals surface area contributed by atoms with Crippen LogP contribution in [0.2, 0.25) is 0 Å². The average molecular weight is 205 g/mol. The number of nitrogens with one attached hydrogen (secondary N) is 1. The van der Waals surface area contributed by atoms with Crippen molar-refractivity contribution >= 4 is 0 Å². The molecule has 0 aliphatic heterocycles. The summed E-state index contributed by atoms with van der Waals surface area (Å²) in [6, 6.07) is 1.85. The lowest BCUT2D eigenvalue weighted by atomic mass is 9.92. The highest BCUT2D eigenvalue weighted by molar-refractivity contribution is 4.97. The Bertz CT molecular complexity index is 304. The van der Waals surface area contributed by atoms with Crippen LogP contribution in [0.25, 0.3) is 0 Å². The predicted molar refractivity (Wildman–Crippen MR) is 60.2 cm³/mol. The van der Waals surface area contributed by atoms with Crippen LogP contribution in [0.4, 0.5) is 0 Å². The van der Waals surface area contributed by atoms with Crippen molar-refractivity contribution in [1.29, 1.82) is 0 Å². The third-order valence-corrected chi connectivity index (χ3v) is 3.50. The molecule has 3 heteroatoms. The Morgan fingerprint density at radius 3 is 2.53 bits per heavy atom. The maximum absolute atomic E-state index is 4.19. The molecule has 0 unspecified atom stereocenters. The molecule has 15 heavy (non-hydrogen) atoms. The minimum atomic E-state index is 0.564. The first-order chi connectivity index (χ1) is 7.23. The van der Waals surface area contributed by atoms with Gasteiger partial charge in [-0.05, 0) is 30.2 Å². The molecule has 0 amide bonds. The molecule has 82 valence electrons. The van der Waals surface area contributed by atoms with E-state index in [0.717, 1.165) is 24.8 Å². The monoisotopic (exact) mass is 205 g/mol. The molecule has 0 radical (unpaired) electrons. The fraction of sp³-hybridized carbons (Fsp3) is 0.667. The van der Waals surface area contributed by atoms with E-state index >= 15 is 0 Å². The molecule has 3 nitrogen and oxygen atoms in total. The molecule has 0 aromatic carbocycles. The van der Waals surface area contributed by atoms with Crippen molar-refractivity contribution in [1.82, 2.24) is 15.3 Å². The summed E-state index contributed by atoms with van der Waals surface area (Å²) in [6.07, 6.45) is 6.32. The molecule has 1 saturated carbocycles. The van der Waals surface area contributed by atoms with E-state index < -0.39 is 0 Å². The van der Waals surface area contributed by atoms with Crippen molar-refractivity contribution in [3.8, 4) is 0 Å². The highest BCUT2D eigenvalue weighted by atomic mass is 15.0. The lowest BCUT2D eigenvalue weighted by Gasteiger charge is -2.19. The van der Waals surface area contributed by atoms with Crippen LogP contribution < -0.4 is 5.32 Å². The second kappa shape index (κ2) is 4.27. The van der Waals surface area contributed by atoms with Gasteiger partial charge in [-0.25, -0.2) is 9.97 Å². The van der Waals surface area contributed by atoms with Crippen LogP contribution in [0.3, 0.4) is 0 Å². The fourth-order valence-electron chi connectivity index (χ4n) is 1.96. The molecule has 1 fully saturated rings. The minimum Gasteiger partial charge on any atom is -0.309 e. The first-order valence-electron chi connectivity index (χ1n) is 5.69. The zero-order chi connectivity index (χ0) is 10.7. The standard InChI is InChI=1S/C12H19N3/c1-10(2)12(4-5-12)9-13-8-11-14-6-3-7-15-11/h3,6-7,10,13H,4-5,8-9H2,1-2H3. The first-order valence-corrected chi connectivity index (χ1v) is 5.69. The molecular weight excluding hydrogens is 186 g/mol. The molecule has 1 aromatic rings. The van der Waals surface area contributed by atoms with Crippen molar-refractivity contribution in [2.45, 2.75) is 33.2 Å². The van der Waals surface area contributed by atoms with E-state index in [0.29, 0.717) is 5.41 Å². The zero-order valence-electron chi connectivity index (χ0n) is 9.53. The second-order valence-corrected chi connectivity index (χ2v) is 4.79. The van der Waals surface area contributed by atoms with E-state index in [-0.39, 0.29) is 0 Å². The molecule has 0 bridgehead atoms. The largest absolute Gasteiger partial charge is 0.309 e. The third kappa shape index (κ3) is 2.53. The SMILES string of the molecule is CC(C)C1(CNCc2ncccn2)CC1. The summed E-state index contributed by atoms with van der Waals surface area (Å²) in [6.45, 7) is 6.51. The van der Waals surface area contributed by atoms with Gasteiger partial charge in [0.25, 0.3) is 0 Å². The molecular formula is C12H19N3. The van der Waals surface area contributed by atoms with Gasteiger partial charge >= 0.3 is 0 Å². The van der Waals surface area contributed by atoms with E-state index in [1.807, 2.05) is 6.07 Å². The smallest absolute Gasteiger partial charge is 0.141 e. The molecule has 1 heterocycles. The Labute approximate surface area is 91.3 Å². The first kappa shape index (κ1) is 10.6. The highest BCUT2D eigenvalue weighted by Gasteiger charge is 2.44. The van der Waals surface area contributed by atoms with Crippen molar-refractivity contribution in [3.05, 3.63) is 24.3 Å². The number of hydrogen-bond donors (Lipinski definition) is 1. The third-order valence-electron chi connectivity index (χ3n) is 3.50. The van der Waals surface area contributed by atoms with Crippen molar-refractivity contribution in [2.24, 2.45) is 11.3 Å². The summed E-state index contributed by atoms with van der Waals surface area (Å²) in [4.78, 5) is 8.38. The van der Waals surface area contributed by atoms with E-state index in [2.05, 4.69) is 29.1 Å². The lowest BCUT2D eigenvalue weighted by Crippen LogP contribution is -2.27. The Morgan fingerprint density at radius 2 is 2.00 bits per heavy atom. The number of nitrogens with zero attached hydrogens (tertiary/aromatic N) is 2. The summed E-state index contributed by atoms with van der Waals surface area (Å²) in [5.74, 6) is 1.67. The van der Waals surface area contributed by atoms with Crippen LogP contribution in [-0.4, -0.2) is 16.5 Å². The Hall–Kier alpha value is -0.960. The quantitative estimate of drug-likeness (QED) is 0.799. The average Bonchev–Trinajstić information content (AvgIpc) is 3.01. The van der Waals surface area contributed by atoms with Crippen LogP contribution in [0.5, 0.6) is 0 Å². The van der Waals surface area contributed by atoms with Gasteiger partial charge in [0.05, 0.1) is 6.54 Å². The summed E-state index contributed by atoms with van der Waals surface area (Å²) >= 11 is 0. The summed E-state index contributed by atoms with van der Waals surface area (Å²) in [7, 11) is 0. The summed E-state index contributed by atoms with van der Waals surface area (Å²) < 4.78 is 0. The van der Waals surface area contributed by atoms with Gasteiger partial charge in [0.15, 0.2) is 0 Å². The number of aromatic nitrogens is 2. The van der Waals surface area contributed by atoms with Gasteiger partial charge in [-0.2, -0.15) is 0 Å². The predicted octanol–water partition coefficient (Wildman–Crippen LogP) is 2.00. The summed E-state index contributed by atoms with van der Waals surface area (Å²) in [5.41, 5.74) is 0.564. The van der Waals surface area contributed by atoms with Crippen LogP contribution in [0.15, 0.2) is 18.5 Å². The van der Waals surface area contributed by atoms with E-state index in [9.17, 15) is 0 Å². The van der Waals surface area contributed by atoms with Crippen LogP contribution in [0.1, 0.15) is 32.5 Å². The maximum atomic E-state index is 4.19. The van der Waals surface area contributed by atoms with Crippen molar-refractivity contribution in [3.63, 3.8) is 0 Å². The maximum Gasteiger partial charge on any atom is 0.141 e.